The fourth-order valence-corrected chi connectivity index (χ4v) is 2.17. The Hall–Kier alpha value is -0.580. The average molecular weight is 246 g/mol. The first kappa shape index (κ1) is 13.5. The summed E-state index contributed by atoms with van der Waals surface area (Å²) in [7, 11) is 2.15. The Balaban J connectivity index is 0.00000128. The molecule has 0 spiro atoms. The van der Waals surface area contributed by atoms with Gasteiger partial charge in [0.1, 0.15) is 6.26 Å². The van der Waals surface area contributed by atoms with E-state index < -0.39 is 0 Å². The van der Waals surface area contributed by atoms with Crippen LogP contribution >= 0.6 is 12.4 Å². The van der Waals surface area contributed by atoms with Crippen LogP contribution < -0.4 is 5.32 Å². The molecule has 1 aromatic heterocycles. The van der Waals surface area contributed by atoms with Crippen LogP contribution in [0.25, 0.3) is 0 Å². The minimum Gasteiger partial charge on any atom is -0.364 e. The van der Waals surface area contributed by atoms with Crippen molar-refractivity contribution < 1.29 is 4.52 Å². The van der Waals surface area contributed by atoms with E-state index in [-0.39, 0.29) is 12.4 Å². The number of hydrogen-bond donors (Lipinski definition) is 1. The van der Waals surface area contributed by atoms with Crippen LogP contribution in [0.4, 0.5) is 0 Å². The van der Waals surface area contributed by atoms with Crippen molar-refractivity contribution in [2.24, 2.45) is 5.92 Å². The fraction of sp³-hybridized carbons (Fsp3) is 0.727. The highest BCUT2D eigenvalue weighted by Gasteiger charge is 2.15. The highest BCUT2D eigenvalue weighted by atomic mass is 35.5. The van der Waals surface area contributed by atoms with E-state index in [2.05, 4.69) is 22.4 Å². The molecule has 1 saturated heterocycles. The highest BCUT2D eigenvalue weighted by Crippen LogP contribution is 2.13. The molecule has 1 aromatic rings. The summed E-state index contributed by atoms with van der Waals surface area (Å²) in [5, 5.41) is 7.31. The highest BCUT2D eigenvalue weighted by molar-refractivity contribution is 5.85. The molecule has 0 unspecified atom stereocenters. The van der Waals surface area contributed by atoms with Gasteiger partial charge in [-0.15, -0.1) is 12.4 Å². The van der Waals surface area contributed by atoms with E-state index in [1.165, 1.54) is 25.9 Å². The first-order chi connectivity index (χ1) is 7.34. The third kappa shape index (κ3) is 4.12. The lowest BCUT2D eigenvalue weighted by atomic mass is 9.98. The molecule has 4 nitrogen and oxygen atoms in total. The third-order valence-corrected chi connectivity index (χ3v) is 2.95. The fourth-order valence-electron chi connectivity index (χ4n) is 2.17. The molecule has 0 radical (unpaired) electrons. The van der Waals surface area contributed by atoms with Crippen LogP contribution in [0.15, 0.2) is 16.9 Å². The van der Waals surface area contributed by atoms with Gasteiger partial charge in [0.2, 0.25) is 0 Å². The maximum Gasteiger partial charge on any atom is 0.124 e. The Morgan fingerprint density at radius 3 is 2.88 bits per heavy atom. The van der Waals surface area contributed by atoms with Crippen LogP contribution in [0.5, 0.6) is 0 Å². The van der Waals surface area contributed by atoms with Crippen molar-refractivity contribution >= 4 is 12.4 Å². The van der Waals surface area contributed by atoms with Gasteiger partial charge in [-0.3, -0.25) is 0 Å². The zero-order chi connectivity index (χ0) is 10.5. The second-order valence-corrected chi connectivity index (χ2v) is 4.38. The molecule has 1 aliphatic heterocycles. The van der Waals surface area contributed by atoms with Gasteiger partial charge in [0.05, 0.1) is 5.69 Å². The number of halogens is 1. The van der Waals surface area contributed by atoms with E-state index in [1.807, 2.05) is 6.07 Å². The van der Waals surface area contributed by atoms with Gasteiger partial charge < -0.3 is 14.7 Å². The number of nitrogens with zero attached hydrogens (tertiary/aromatic N) is 2. The van der Waals surface area contributed by atoms with Crippen LogP contribution in [0.1, 0.15) is 18.5 Å². The van der Waals surface area contributed by atoms with Crippen molar-refractivity contribution in [2.45, 2.75) is 19.4 Å². The zero-order valence-corrected chi connectivity index (χ0v) is 10.5. The topological polar surface area (TPSA) is 41.3 Å². The van der Waals surface area contributed by atoms with Gasteiger partial charge in [-0.1, -0.05) is 5.16 Å². The van der Waals surface area contributed by atoms with Gasteiger partial charge in [0, 0.05) is 19.2 Å². The number of hydrogen-bond acceptors (Lipinski definition) is 4. The van der Waals surface area contributed by atoms with Crippen LogP contribution in [0, 0.1) is 5.92 Å². The lowest BCUT2D eigenvalue weighted by Gasteiger charge is -2.26. The van der Waals surface area contributed by atoms with E-state index in [1.54, 1.807) is 6.26 Å². The summed E-state index contributed by atoms with van der Waals surface area (Å²) in [4.78, 5) is 2.33. The van der Waals surface area contributed by atoms with Gasteiger partial charge in [-0.25, -0.2) is 0 Å². The van der Waals surface area contributed by atoms with Crippen molar-refractivity contribution in [1.82, 2.24) is 15.4 Å². The molecule has 5 heteroatoms. The maximum atomic E-state index is 4.82. The standard InChI is InChI=1S/C11H19N3O.ClH/c1-14(9-11-4-7-15-13-11)8-10-2-5-12-6-3-10;/h4,7,10,12H,2-3,5-6,8-9H2,1H3;1H. The van der Waals surface area contributed by atoms with Gasteiger partial charge in [0.25, 0.3) is 0 Å². The summed E-state index contributed by atoms with van der Waals surface area (Å²) < 4.78 is 4.82. The first-order valence-corrected chi connectivity index (χ1v) is 5.63. The number of aromatic nitrogens is 1. The Labute approximate surface area is 103 Å². The van der Waals surface area contributed by atoms with E-state index in [0.29, 0.717) is 0 Å². The van der Waals surface area contributed by atoms with Gasteiger partial charge in [-0.05, 0) is 38.9 Å². The molecular weight excluding hydrogens is 226 g/mol. The summed E-state index contributed by atoms with van der Waals surface area (Å²) in [5.74, 6) is 0.836. The number of piperidine rings is 1. The molecule has 0 saturated carbocycles. The van der Waals surface area contributed by atoms with E-state index in [9.17, 15) is 0 Å². The molecule has 1 fully saturated rings. The summed E-state index contributed by atoms with van der Waals surface area (Å²) in [6.45, 7) is 4.39. The molecule has 0 amide bonds. The quantitative estimate of drug-likeness (QED) is 0.874. The van der Waals surface area contributed by atoms with Crippen LogP contribution in [0.2, 0.25) is 0 Å². The minimum atomic E-state index is 0. The molecule has 0 bridgehead atoms. The average Bonchev–Trinajstić information content (AvgIpc) is 2.71. The summed E-state index contributed by atoms with van der Waals surface area (Å²) in [6.07, 6.45) is 4.22. The Bertz CT molecular complexity index is 273. The molecule has 1 aliphatic rings. The lowest BCUT2D eigenvalue weighted by molar-refractivity contribution is 0.229. The van der Waals surface area contributed by atoms with Crippen LogP contribution in [-0.2, 0) is 6.54 Å². The monoisotopic (exact) mass is 245 g/mol. The molecule has 16 heavy (non-hydrogen) atoms. The largest absolute Gasteiger partial charge is 0.364 e. The minimum absolute atomic E-state index is 0. The van der Waals surface area contributed by atoms with Gasteiger partial charge in [-0.2, -0.15) is 0 Å². The van der Waals surface area contributed by atoms with Crippen LogP contribution in [-0.4, -0.2) is 36.7 Å². The molecule has 1 N–H and O–H groups in total. The molecule has 2 heterocycles. The number of rotatable bonds is 4. The SMILES string of the molecule is CN(Cc1ccon1)CC1CCNCC1.Cl. The second-order valence-electron chi connectivity index (χ2n) is 4.38. The summed E-state index contributed by atoms with van der Waals surface area (Å²) in [5.41, 5.74) is 1.02. The van der Waals surface area contributed by atoms with Crippen molar-refractivity contribution in [2.75, 3.05) is 26.7 Å². The first-order valence-electron chi connectivity index (χ1n) is 5.63. The van der Waals surface area contributed by atoms with Gasteiger partial charge >= 0.3 is 0 Å². The Morgan fingerprint density at radius 1 is 1.50 bits per heavy atom. The third-order valence-electron chi connectivity index (χ3n) is 2.95. The normalized spacial score (nSPS) is 17.4. The predicted molar refractivity (Wildman–Crippen MR) is 65.7 cm³/mol. The molecule has 92 valence electrons. The summed E-state index contributed by atoms with van der Waals surface area (Å²) >= 11 is 0. The summed E-state index contributed by atoms with van der Waals surface area (Å²) in [6, 6.07) is 1.93. The van der Waals surface area contributed by atoms with Crippen molar-refractivity contribution in [3.8, 4) is 0 Å². The second kappa shape index (κ2) is 6.89. The maximum absolute atomic E-state index is 4.82. The Morgan fingerprint density at radius 2 is 2.25 bits per heavy atom. The van der Waals surface area contributed by atoms with E-state index in [0.717, 1.165) is 24.7 Å². The smallest absolute Gasteiger partial charge is 0.124 e. The molecule has 0 aliphatic carbocycles. The molecular formula is C11H20ClN3O. The van der Waals surface area contributed by atoms with Crippen molar-refractivity contribution in [3.63, 3.8) is 0 Å². The predicted octanol–water partition coefficient (Wildman–Crippen LogP) is 1.53. The molecule has 0 aromatic carbocycles. The van der Waals surface area contributed by atoms with E-state index >= 15 is 0 Å². The molecule has 0 atom stereocenters. The lowest BCUT2D eigenvalue weighted by Crippen LogP contribution is -2.34. The van der Waals surface area contributed by atoms with E-state index in [4.69, 9.17) is 4.52 Å². The number of nitrogens with one attached hydrogen (secondary N) is 1. The Kier molecular flexibility index (Phi) is 5.80. The van der Waals surface area contributed by atoms with Crippen LogP contribution in [0.3, 0.4) is 0 Å². The van der Waals surface area contributed by atoms with Gasteiger partial charge in [0.15, 0.2) is 0 Å². The van der Waals surface area contributed by atoms with Crippen molar-refractivity contribution in [3.05, 3.63) is 18.0 Å². The zero-order valence-electron chi connectivity index (χ0n) is 9.69. The van der Waals surface area contributed by atoms with Crippen molar-refractivity contribution in [1.29, 1.82) is 0 Å². The molecule has 2 rings (SSSR count).